The molecule has 30 heavy (non-hydrogen) atoms. The van der Waals surface area contributed by atoms with Gasteiger partial charge in [-0.2, -0.15) is 0 Å². The number of nitrogens with zero attached hydrogens (tertiary/aromatic N) is 4. The molecule has 1 aromatic carbocycles. The summed E-state index contributed by atoms with van der Waals surface area (Å²) < 4.78 is 32.7. The summed E-state index contributed by atoms with van der Waals surface area (Å²) in [5.41, 5.74) is 0.823. The standard InChI is InChI=1S/C20H22N4O5S/c1-29-16-6-4-15(5-7-16)19(25)23-9-11-24(12-10-23)20(26)17-3-2-8-22-13-14-30(27,28)21-18(17)22/h2-8H,9-14H2,1H3. The highest BCUT2D eigenvalue weighted by molar-refractivity contribution is 7.90. The van der Waals surface area contributed by atoms with Crippen molar-refractivity contribution in [3.05, 3.63) is 53.8 Å². The maximum absolute atomic E-state index is 13.0. The number of amidine groups is 1. The topological polar surface area (TPSA) is 99.6 Å². The molecule has 1 aromatic rings. The van der Waals surface area contributed by atoms with Crippen LogP contribution in [0.5, 0.6) is 5.75 Å². The normalized spacial score (nSPS) is 20.2. The van der Waals surface area contributed by atoms with Crippen molar-refractivity contribution in [1.82, 2.24) is 14.7 Å². The van der Waals surface area contributed by atoms with Crippen LogP contribution >= 0.6 is 0 Å². The molecule has 0 spiro atoms. The Labute approximate surface area is 175 Å². The number of fused-ring (bicyclic) bond motifs is 1. The first-order chi connectivity index (χ1) is 14.4. The number of rotatable bonds is 3. The van der Waals surface area contributed by atoms with Crippen LogP contribution < -0.4 is 4.74 Å². The lowest BCUT2D eigenvalue weighted by Crippen LogP contribution is -2.52. The molecule has 158 valence electrons. The number of carbonyl (C=O) groups excluding carboxylic acids is 2. The molecule has 0 aromatic heterocycles. The van der Waals surface area contributed by atoms with E-state index in [1.165, 1.54) is 0 Å². The lowest BCUT2D eigenvalue weighted by Gasteiger charge is -2.36. The zero-order valence-electron chi connectivity index (χ0n) is 16.5. The molecule has 0 N–H and O–H groups in total. The van der Waals surface area contributed by atoms with Crippen LogP contribution in [0.3, 0.4) is 0 Å². The van der Waals surface area contributed by atoms with Crippen LogP contribution in [-0.4, -0.2) is 86.4 Å². The average Bonchev–Trinajstić information content (AvgIpc) is 2.77. The molecule has 0 aliphatic carbocycles. The van der Waals surface area contributed by atoms with E-state index >= 15 is 0 Å². The molecule has 3 heterocycles. The van der Waals surface area contributed by atoms with E-state index in [4.69, 9.17) is 4.74 Å². The van der Waals surface area contributed by atoms with Gasteiger partial charge in [0.05, 0.1) is 18.4 Å². The van der Waals surface area contributed by atoms with Gasteiger partial charge in [0.1, 0.15) is 5.75 Å². The predicted octanol–water partition coefficient (Wildman–Crippen LogP) is 0.477. The number of sulfonamides is 1. The third kappa shape index (κ3) is 3.95. The van der Waals surface area contributed by atoms with Crippen LogP contribution in [0.15, 0.2) is 52.6 Å². The van der Waals surface area contributed by atoms with Gasteiger partial charge in [-0.3, -0.25) is 9.59 Å². The van der Waals surface area contributed by atoms with Crippen molar-refractivity contribution in [2.75, 3.05) is 45.6 Å². The lowest BCUT2D eigenvalue weighted by molar-refractivity contribution is -0.128. The highest BCUT2D eigenvalue weighted by Gasteiger charge is 2.33. The van der Waals surface area contributed by atoms with Gasteiger partial charge in [0, 0.05) is 44.5 Å². The Kier molecular flexibility index (Phi) is 5.33. The van der Waals surface area contributed by atoms with Crippen molar-refractivity contribution < 1.29 is 22.7 Å². The molecule has 0 bridgehead atoms. The Morgan fingerprint density at radius 2 is 1.60 bits per heavy atom. The largest absolute Gasteiger partial charge is 0.497 e. The first kappa shape index (κ1) is 20.1. The molecule has 0 unspecified atom stereocenters. The fourth-order valence-corrected chi connectivity index (χ4v) is 4.57. The summed E-state index contributed by atoms with van der Waals surface area (Å²) in [6.45, 7) is 1.79. The average molecular weight is 430 g/mol. The molecule has 10 heteroatoms. The minimum atomic E-state index is -3.57. The number of benzene rings is 1. The smallest absolute Gasteiger partial charge is 0.257 e. The van der Waals surface area contributed by atoms with E-state index in [-0.39, 0.29) is 35.5 Å². The molecular weight excluding hydrogens is 408 g/mol. The van der Waals surface area contributed by atoms with Gasteiger partial charge in [0.15, 0.2) is 5.84 Å². The summed E-state index contributed by atoms with van der Waals surface area (Å²) in [6.07, 6.45) is 5.02. The SMILES string of the molecule is COc1ccc(C(=O)N2CCN(C(=O)C3=CC=CN4CCS(=O)(=O)N=C34)CC2)cc1. The summed E-state index contributed by atoms with van der Waals surface area (Å²) in [5.74, 6) is 0.397. The van der Waals surface area contributed by atoms with Crippen molar-refractivity contribution in [1.29, 1.82) is 0 Å². The van der Waals surface area contributed by atoms with Crippen molar-refractivity contribution in [3.8, 4) is 5.75 Å². The Morgan fingerprint density at radius 3 is 2.23 bits per heavy atom. The number of hydrogen-bond donors (Lipinski definition) is 0. The molecule has 3 aliphatic heterocycles. The van der Waals surface area contributed by atoms with Crippen LogP contribution in [0.1, 0.15) is 10.4 Å². The number of hydrogen-bond acceptors (Lipinski definition) is 6. The van der Waals surface area contributed by atoms with E-state index in [0.717, 1.165) is 0 Å². The van der Waals surface area contributed by atoms with E-state index in [0.29, 0.717) is 37.5 Å². The van der Waals surface area contributed by atoms with Gasteiger partial charge in [-0.05, 0) is 36.4 Å². The van der Waals surface area contributed by atoms with E-state index in [9.17, 15) is 18.0 Å². The molecular formula is C20H22N4O5S. The second-order valence-corrected chi connectivity index (χ2v) is 8.88. The third-order valence-corrected chi connectivity index (χ3v) is 6.43. The monoisotopic (exact) mass is 430 g/mol. The molecule has 9 nitrogen and oxygen atoms in total. The Hall–Kier alpha value is -3.14. The van der Waals surface area contributed by atoms with Crippen molar-refractivity contribution in [2.45, 2.75) is 0 Å². The lowest BCUT2D eigenvalue weighted by atomic mass is 10.1. The second kappa shape index (κ2) is 7.94. The van der Waals surface area contributed by atoms with E-state index in [2.05, 4.69) is 4.40 Å². The molecule has 3 aliphatic rings. The number of methoxy groups -OCH3 is 1. The van der Waals surface area contributed by atoms with E-state index in [1.54, 1.807) is 64.4 Å². The molecule has 0 radical (unpaired) electrons. The van der Waals surface area contributed by atoms with E-state index < -0.39 is 10.0 Å². The van der Waals surface area contributed by atoms with Crippen molar-refractivity contribution in [3.63, 3.8) is 0 Å². The number of piperazine rings is 1. The summed E-state index contributed by atoms with van der Waals surface area (Å²) in [6, 6.07) is 6.91. The highest BCUT2D eigenvalue weighted by atomic mass is 32.2. The van der Waals surface area contributed by atoms with Gasteiger partial charge in [0.25, 0.3) is 21.8 Å². The molecule has 0 atom stereocenters. The summed E-state index contributed by atoms with van der Waals surface area (Å²) in [5, 5.41) is 0. The van der Waals surface area contributed by atoms with Crippen LogP contribution in [0.4, 0.5) is 0 Å². The summed E-state index contributed by atoms with van der Waals surface area (Å²) >= 11 is 0. The molecule has 2 amide bonds. The molecule has 0 saturated carbocycles. The zero-order valence-corrected chi connectivity index (χ0v) is 17.3. The molecule has 1 fully saturated rings. The zero-order chi connectivity index (χ0) is 21.3. The Balaban J connectivity index is 1.43. The van der Waals surface area contributed by atoms with Gasteiger partial charge < -0.3 is 19.4 Å². The first-order valence-electron chi connectivity index (χ1n) is 9.59. The first-order valence-corrected chi connectivity index (χ1v) is 11.2. The van der Waals surface area contributed by atoms with Gasteiger partial charge in [-0.15, -0.1) is 4.40 Å². The minimum absolute atomic E-state index is 0.0749. The maximum atomic E-state index is 13.0. The quantitative estimate of drug-likeness (QED) is 0.692. The Morgan fingerprint density at radius 1 is 0.967 bits per heavy atom. The summed E-state index contributed by atoms with van der Waals surface area (Å²) in [4.78, 5) is 30.8. The van der Waals surface area contributed by atoms with E-state index in [1.807, 2.05) is 0 Å². The van der Waals surface area contributed by atoms with Gasteiger partial charge in [-0.25, -0.2) is 8.42 Å². The van der Waals surface area contributed by atoms with Gasteiger partial charge >= 0.3 is 0 Å². The fourth-order valence-electron chi connectivity index (χ4n) is 3.58. The maximum Gasteiger partial charge on any atom is 0.257 e. The summed E-state index contributed by atoms with van der Waals surface area (Å²) in [7, 11) is -2.00. The van der Waals surface area contributed by atoms with Crippen molar-refractivity contribution in [2.24, 2.45) is 4.40 Å². The van der Waals surface area contributed by atoms with Crippen LogP contribution in [0, 0.1) is 0 Å². The highest BCUT2D eigenvalue weighted by Crippen LogP contribution is 2.21. The van der Waals surface area contributed by atoms with Crippen molar-refractivity contribution >= 4 is 27.7 Å². The second-order valence-electron chi connectivity index (χ2n) is 7.13. The number of amides is 2. The van der Waals surface area contributed by atoms with Gasteiger partial charge in [-0.1, -0.05) is 0 Å². The fraction of sp³-hybridized carbons (Fsp3) is 0.350. The molecule has 4 rings (SSSR count). The number of ether oxygens (including phenoxy) is 1. The minimum Gasteiger partial charge on any atom is -0.497 e. The third-order valence-electron chi connectivity index (χ3n) is 5.28. The van der Waals surface area contributed by atoms with Crippen LogP contribution in [-0.2, 0) is 14.8 Å². The Bertz CT molecular complexity index is 1050. The van der Waals surface area contributed by atoms with Crippen LogP contribution in [0.25, 0.3) is 0 Å². The number of carbonyl (C=O) groups is 2. The van der Waals surface area contributed by atoms with Crippen LogP contribution in [0.2, 0.25) is 0 Å². The van der Waals surface area contributed by atoms with Gasteiger partial charge in [0.2, 0.25) is 0 Å². The predicted molar refractivity (Wildman–Crippen MR) is 111 cm³/mol. The number of allylic oxidation sites excluding steroid dienone is 2. The molecule has 1 saturated heterocycles.